The molecule has 1 amide bonds. The fourth-order valence-electron chi connectivity index (χ4n) is 3.41. The van der Waals surface area contributed by atoms with Crippen LogP contribution in [0.1, 0.15) is 24.1 Å². The summed E-state index contributed by atoms with van der Waals surface area (Å²) in [4.78, 5) is 25.3. The van der Waals surface area contributed by atoms with Gasteiger partial charge < -0.3 is 10.2 Å². The molecule has 1 N–H and O–H groups in total. The van der Waals surface area contributed by atoms with Crippen LogP contribution in [0.25, 0.3) is 0 Å². The first-order valence-electron chi connectivity index (χ1n) is 8.74. The van der Waals surface area contributed by atoms with Crippen LogP contribution in [0.5, 0.6) is 0 Å². The van der Waals surface area contributed by atoms with Crippen LogP contribution >= 0.6 is 0 Å². The monoisotopic (exact) mass is 357 g/mol. The zero-order chi connectivity index (χ0) is 18.7. The van der Waals surface area contributed by atoms with Crippen molar-refractivity contribution in [3.05, 3.63) is 51.7 Å². The number of rotatable bonds is 7. The summed E-state index contributed by atoms with van der Waals surface area (Å²) in [6, 6.07) is 9.74. The third kappa shape index (κ3) is 3.68. The van der Waals surface area contributed by atoms with Gasteiger partial charge in [0.05, 0.1) is 4.92 Å². The van der Waals surface area contributed by atoms with E-state index in [1.54, 1.807) is 14.0 Å². The fourth-order valence-corrected chi connectivity index (χ4v) is 3.41. The molecule has 0 spiro atoms. The molecule has 0 aliphatic carbocycles. The molecular formula is C18H23N5O3. The number of nitrogens with one attached hydrogen (secondary N) is 1. The number of aryl methyl sites for hydroxylation is 3. The Kier molecular flexibility index (Phi) is 5.20. The number of nitro groups is 1. The van der Waals surface area contributed by atoms with Crippen LogP contribution in [0, 0.1) is 17.0 Å². The second kappa shape index (κ2) is 7.55. The third-order valence-corrected chi connectivity index (χ3v) is 4.72. The second-order valence-corrected chi connectivity index (χ2v) is 6.56. The van der Waals surface area contributed by atoms with Crippen molar-refractivity contribution >= 4 is 17.4 Å². The molecule has 1 aliphatic rings. The summed E-state index contributed by atoms with van der Waals surface area (Å²) in [6.45, 7) is 2.95. The zero-order valence-electron chi connectivity index (χ0n) is 15.0. The Bertz CT molecular complexity index is 803. The lowest BCUT2D eigenvalue weighted by Crippen LogP contribution is -2.34. The molecule has 1 aliphatic heterocycles. The topological polar surface area (TPSA) is 93.3 Å². The summed E-state index contributed by atoms with van der Waals surface area (Å²) in [5.74, 6) is 0.281. The largest absolute Gasteiger partial charge is 0.353 e. The molecule has 3 rings (SSSR count). The van der Waals surface area contributed by atoms with E-state index in [1.807, 2.05) is 23.1 Å². The summed E-state index contributed by atoms with van der Waals surface area (Å²) in [7, 11) is 1.64. The fraction of sp³-hybridized carbons (Fsp3) is 0.444. The Hall–Kier alpha value is -2.90. The molecule has 2 heterocycles. The maximum atomic E-state index is 12.6. The van der Waals surface area contributed by atoms with Gasteiger partial charge in [0.2, 0.25) is 11.7 Å². The molecule has 1 fully saturated rings. The summed E-state index contributed by atoms with van der Waals surface area (Å²) >= 11 is 0. The highest BCUT2D eigenvalue weighted by molar-refractivity contribution is 5.87. The molecule has 26 heavy (non-hydrogen) atoms. The highest BCUT2D eigenvalue weighted by Crippen LogP contribution is 2.29. The van der Waals surface area contributed by atoms with Gasteiger partial charge in [-0.2, -0.15) is 5.10 Å². The van der Waals surface area contributed by atoms with Gasteiger partial charge in [0, 0.05) is 20.1 Å². The first-order valence-corrected chi connectivity index (χ1v) is 8.74. The van der Waals surface area contributed by atoms with E-state index in [9.17, 15) is 14.9 Å². The number of aromatic nitrogens is 2. The van der Waals surface area contributed by atoms with Gasteiger partial charge in [-0.25, -0.2) is 4.68 Å². The number of benzene rings is 1. The van der Waals surface area contributed by atoms with Crippen molar-refractivity contribution in [1.29, 1.82) is 0 Å². The van der Waals surface area contributed by atoms with Crippen LogP contribution in [0.4, 0.5) is 11.5 Å². The van der Waals surface area contributed by atoms with Crippen LogP contribution in [0.2, 0.25) is 0 Å². The van der Waals surface area contributed by atoms with Crippen molar-refractivity contribution in [3.63, 3.8) is 0 Å². The van der Waals surface area contributed by atoms with E-state index in [-0.39, 0.29) is 17.4 Å². The SMILES string of the molecule is Cc1nn(C)c(NC2CCN(CCCc3ccccc3)C2=O)c1[N+](=O)[O-]. The van der Waals surface area contributed by atoms with Gasteiger partial charge in [0.1, 0.15) is 11.7 Å². The number of carbonyl (C=O) groups excluding carboxylic acids is 1. The first-order chi connectivity index (χ1) is 12.5. The van der Waals surface area contributed by atoms with E-state index in [0.717, 1.165) is 12.8 Å². The Morgan fingerprint density at radius 2 is 2.08 bits per heavy atom. The Morgan fingerprint density at radius 1 is 1.35 bits per heavy atom. The van der Waals surface area contributed by atoms with Gasteiger partial charge in [-0.1, -0.05) is 30.3 Å². The maximum Gasteiger partial charge on any atom is 0.333 e. The zero-order valence-corrected chi connectivity index (χ0v) is 15.0. The van der Waals surface area contributed by atoms with Crippen LogP contribution < -0.4 is 5.32 Å². The van der Waals surface area contributed by atoms with Gasteiger partial charge in [-0.15, -0.1) is 0 Å². The van der Waals surface area contributed by atoms with Gasteiger partial charge in [-0.3, -0.25) is 14.9 Å². The standard InChI is InChI=1S/C18H23N5O3/c1-13-16(23(25)26)17(21(2)20-13)19-15-10-12-22(18(15)24)11-6-9-14-7-4-3-5-8-14/h3-5,7-8,15,19H,6,9-12H2,1-2H3. The predicted octanol–water partition coefficient (Wildman–Crippen LogP) is 2.28. The number of hydrogen-bond donors (Lipinski definition) is 1. The van der Waals surface area contributed by atoms with Crippen molar-refractivity contribution in [2.75, 3.05) is 18.4 Å². The average molecular weight is 357 g/mol. The minimum absolute atomic E-state index is 0.00814. The Labute approximate surface area is 151 Å². The summed E-state index contributed by atoms with van der Waals surface area (Å²) < 4.78 is 1.43. The summed E-state index contributed by atoms with van der Waals surface area (Å²) in [6.07, 6.45) is 2.45. The molecule has 0 bridgehead atoms. The number of carbonyl (C=O) groups is 1. The van der Waals surface area contributed by atoms with E-state index in [2.05, 4.69) is 22.5 Å². The molecule has 1 aromatic heterocycles. The number of nitrogens with zero attached hydrogens (tertiary/aromatic N) is 4. The molecule has 8 heteroatoms. The van der Waals surface area contributed by atoms with E-state index >= 15 is 0 Å². The molecule has 1 saturated heterocycles. The lowest BCUT2D eigenvalue weighted by molar-refractivity contribution is -0.384. The number of hydrogen-bond acceptors (Lipinski definition) is 5. The Balaban J connectivity index is 1.59. The van der Waals surface area contributed by atoms with E-state index in [1.165, 1.54) is 10.2 Å². The molecule has 8 nitrogen and oxygen atoms in total. The van der Waals surface area contributed by atoms with Crippen molar-refractivity contribution in [2.45, 2.75) is 32.2 Å². The summed E-state index contributed by atoms with van der Waals surface area (Å²) in [5, 5.41) is 18.4. The smallest absolute Gasteiger partial charge is 0.333 e. The molecule has 2 aromatic rings. The average Bonchev–Trinajstić information content (AvgIpc) is 3.09. The van der Waals surface area contributed by atoms with E-state index in [0.29, 0.717) is 25.2 Å². The predicted molar refractivity (Wildman–Crippen MR) is 98.0 cm³/mol. The van der Waals surface area contributed by atoms with Crippen LogP contribution in [-0.2, 0) is 18.3 Å². The highest BCUT2D eigenvalue weighted by atomic mass is 16.6. The number of likely N-dealkylation sites (tertiary alicyclic amines) is 1. The molecule has 0 saturated carbocycles. The first kappa shape index (κ1) is 17.9. The highest BCUT2D eigenvalue weighted by Gasteiger charge is 2.34. The molecular weight excluding hydrogens is 334 g/mol. The molecule has 1 atom stereocenters. The minimum atomic E-state index is -0.457. The number of anilines is 1. The molecule has 1 unspecified atom stereocenters. The van der Waals surface area contributed by atoms with Crippen molar-refractivity contribution in [2.24, 2.45) is 7.05 Å². The quantitative estimate of drug-likeness (QED) is 0.606. The normalized spacial score (nSPS) is 16.9. The van der Waals surface area contributed by atoms with Crippen LogP contribution in [0.15, 0.2) is 30.3 Å². The van der Waals surface area contributed by atoms with Crippen molar-refractivity contribution in [3.8, 4) is 0 Å². The van der Waals surface area contributed by atoms with Gasteiger partial charge >= 0.3 is 5.69 Å². The second-order valence-electron chi connectivity index (χ2n) is 6.56. The molecule has 1 aromatic carbocycles. The van der Waals surface area contributed by atoms with Gasteiger partial charge in [-0.05, 0) is 31.7 Å². The Morgan fingerprint density at radius 3 is 2.77 bits per heavy atom. The summed E-state index contributed by atoms with van der Waals surface area (Å²) in [5.41, 5.74) is 1.53. The third-order valence-electron chi connectivity index (χ3n) is 4.72. The maximum absolute atomic E-state index is 12.6. The number of amides is 1. The molecule has 138 valence electrons. The lowest BCUT2D eigenvalue weighted by Gasteiger charge is -2.17. The lowest BCUT2D eigenvalue weighted by atomic mass is 10.1. The van der Waals surface area contributed by atoms with Crippen molar-refractivity contribution < 1.29 is 9.72 Å². The minimum Gasteiger partial charge on any atom is -0.353 e. The van der Waals surface area contributed by atoms with Crippen LogP contribution in [-0.4, -0.2) is 44.6 Å². The van der Waals surface area contributed by atoms with Crippen LogP contribution in [0.3, 0.4) is 0 Å². The van der Waals surface area contributed by atoms with Crippen molar-refractivity contribution in [1.82, 2.24) is 14.7 Å². The van der Waals surface area contributed by atoms with E-state index in [4.69, 9.17) is 0 Å². The molecule has 0 radical (unpaired) electrons. The van der Waals surface area contributed by atoms with E-state index < -0.39 is 11.0 Å². The van der Waals surface area contributed by atoms with Gasteiger partial charge in [0.25, 0.3) is 0 Å². The van der Waals surface area contributed by atoms with Gasteiger partial charge in [0.15, 0.2) is 0 Å².